The molecule has 0 fully saturated rings. The Labute approximate surface area is 217 Å². The molecule has 16 heteroatoms. The van der Waals surface area contributed by atoms with Crippen LogP contribution in [0.3, 0.4) is 0 Å². The summed E-state index contributed by atoms with van der Waals surface area (Å²) in [5, 5.41) is 5.69. The minimum atomic E-state index is -4.62. The molecule has 1 amide bonds. The minimum absolute atomic E-state index is 0.00501. The molecule has 0 aromatic carbocycles. The number of halogens is 6. The van der Waals surface area contributed by atoms with Gasteiger partial charge in [0.25, 0.3) is 5.91 Å². The SMILES string of the molecule is Cc1nsc(Nc2cnc(C(F)(F)F)cn2)c1C(=O)Nc1ccc(OCCCN(C)CCC(F)(F)F)nc1. The Kier molecular flexibility index (Phi) is 9.43. The molecule has 3 rings (SSSR count). The third kappa shape index (κ3) is 8.79. The fraction of sp³-hybridized carbons (Fsp3) is 0.409. The minimum Gasteiger partial charge on any atom is -0.478 e. The molecule has 0 aliphatic carbocycles. The average molecular weight is 564 g/mol. The second-order valence-electron chi connectivity index (χ2n) is 8.09. The molecule has 0 aliphatic heterocycles. The number of amides is 1. The lowest BCUT2D eigenvalue weighted by Gasteiger charge is -2.17. The van der Waals surface area contributed by atoms with Gasteiger partial charge in [-0.1, -0.05) is 0 Å². The Morgan fingerprint density at radius 3 is 2.42 bits per heavy atom. The number of aromatic nitrogens is 4. The van der Waals surface area contributed by atoms with Crippen LogP contribution in [0.25, 0.3) is 0 Å². The van der Waals surface area contributed by atoms with Crippen LogP contribution < -0.4 is 15.4 Å². The molecule has 3 aromatic rings. The van der Waals surface area contributed by atoms with E-state index < -0.39 is 30.4 Å². The van der Waals surface area contributed by atoms with Crippen molar-refractivity contribution < 1.29 is 35.9 Å². The van der Waals surface area contributed by atoms with Crippen LogP contribution in [-0.4, -0.2) is 63.1 Å². The second-order valence-corrected chi connectivity index (χ2v) is 8.86. The lowest BCUT2D eigenvalue weighted by Crippen LogP contribution is -2.26. The molecule has 0 unspecified atom stereocenters. The molecule has 9 nitrogen and oxygen atoms in total. The number of anilines is 3. The van der Waals surface area contributed by atoms with Gasteiger partial charge in [-0.3, -0.25) is 4.79 Å². The predicted octanol–water partition coefficient (Wildman–Crippen LogP) is 5.30. The summed E-state index contributed by atoms with van der Waals surface area (Å²) >= 11 is 0.933. The van der Waals surface area contributed by atoms with Crippen molar-refractivity contribution in [2.24, 2.45) is 0 Å². The third-order valence-corrected chi connectivity index (χ3v) is 5.83. The summed E-state index contributed by atoms with van der Waals surface area (Å²) in [5.41, 5.74) is -0.232. The van der Waals surface area contributed by atoms with Gasteiger partial charge < -0.3 is 20.3 Å². The van der Waals surface area contributed by atoms with Crippen LogP contribution in [0.5, 0.6) is 5.88 Å². The van der Waals surface area contributed by atoms with Crippen molar-refractivity contribution >= 4 is 33.9 Å². The van der Waals surface area contributed by atoms with E-state index in [4.69, 9.17) is 4.74 Å². The van der Waals surface area contributed by atoms with Gasteiger partial charge in [-0.15, -0.1) is 0 Å². The molecule has 0 saturated heterocycles. The van der Waals surface area contributed by atoms with Gasteiger partial charge in [0.2, 0.25) is 5.88 Å². The first-order valence-corrected chi connectivity index (χ1v) is 11.9. The molecule has 3 heterocycles. The van der Waals surface area contributed by atoms with Gasteiger partial charge in [-0.25, -0.2) is 15.0 Å². The Bertz CT molecular complexity index is 1200. The standard InChI is InChI=1S/C22H23F6N7O2S/c1-13-18(20(38-34-13)33-16-12-29-15(11-30-16)22(26,27)28)19(36)32-14-4-5-17(31-10-14)37-9-3-7-35(2)8-6-21(23,24)25/h4-5,10-12H,3,6-9H2,1-2H3,(H,30,33)(H,32,36). The van der Waals surface area contributed by atoms with Gasteiger partial charge in [-0.05, 0) is 38.0 Å². The molecule has 0 bridgehead atoms. The van der Waals surface area contributed by atoms with Crippen molar-refractivity contribution in [1.82, 2.24) is 24.2 Å². The average Bonchev–Trinajstić information content (AvgIpc) is 3.20. The zero-order valence-electron chi connectivity index (χ0n) is 20.2. The van der Waals surface area contributed by atoms with E-state index in [0.717, 1.165) is 17.7 Å². The van der Waals surface area contributed by atoms with Gasteiger partial charge >= 0.3 is 12.4 Å². The Balaban J connectivity index is 1.51. The van der Waals surface area contributed by atoms with Crippen LogP contribution in [0.1, 0.15) is 34.6 Å². The van der Waals surface area contributed by atoms with Crippen molar-refractivity contribution in [3.63, 3.8) is 0 Å². The molecule has 0 saturated carbocycles. The van der Waals surface area contributed by atoms with Crippen molar-refractivity contribution in [3.8, 4) is 5.88 Å². The molecule has 0 radical (unpaired) electrons. The lowest BCUT2D eigenvalue weighted by molar-refractivity contribution is -0.141. The molecule has 38 heavy (non-hydrogen) atoms. The first kappa shape index (κ1) is 29.0. The summed E-state index contributed by atoms with van der Waals surface area (Å²) in [6.45, 7) is 2.18. The zero-order valence-corrected chi connectivity index (χ0v) is 21.0. The number of carbonyl (C=O) groups is 1. The maximum atomic E-state index is 12.9. The van der Waals surface area contributed by atoms with E-state index in [1.807, 2.05) is 0 Å². The number of ether oxygens (including phenoxy) is 1. The molecule has 0 aliphatic rings. The van der Waals surface area contributed by atoms with Crippen LogP contribution in [0.15, 0.2) is 30.7 Å². The summed E-state index contributed by atoms with van der Waals surface area (Å²) in [6, 6.07) is 3.08. The van der Waals surface area contributed by atoms with Crippen molar-refractivity contribution in [2.45, 2.75) is 32.1 Å². The highest BCUT2D eigenvalue weighted by atomic mass is 32.1. The number of nitrogens with zero attached hydrogens (tertiary/aromatic N) is 5. The van der Waals surface area contributed by atoms with Crippen LogP contribution in [0.4, 0.5) is 42.8 Å². The Morgan fingerprint density at radius 1 is 1.05 bits per heavy atom. The van der Waals surface area contributed by atoms with Crippen LogP contribution in [0.2, 0.25) is 0 Å². The van der Waals surface area contributed by atoms with Gasteiger partial charge in [0.15, 0.2) is 5.69 Å². The number of aryl methyl sites for hydroxylation is 1. The summed E-state index contributed by atoms with van der Waals surface area (Å²) in [7, 11) is 1.60. The van der Waals surface area contributed by atoms with Crippen LogP contribution in [-0.2, 0) is 6.18 Å². The summed E-state index contributed by atoms with van der Waals surface area (Å²) in [6.07, 6.45) is -6.34. The lowest BCUT2D eigenvalue weighted by atomic mass is 10.2. The predicted molar refractivity (Wildman–Crippen MR) is 128 cm³/mol. The van der Waals surface area contributed by atoms with Crippen molar-refractivity contribution in [2.75, 3.05) is 37.4 Å². The van der Waals surface area contributed by atoms with Gasteiger partial charge in [0, 0.05) is 19.2 Å². The molecular weight excluding hydrogens is 540 g/mol. The monoisotopic (exact) mass is 563 g/mol. The van der Waals surface area contributed by atoms with E-state index >= 15 is 0 Å². The maximum Gasteiger partial charge on any atom is 0.434 e. The van der Waals surface area contributed by atoms with E-state index in [1.165, 1.54) is 12.3 Å². The third-order valence-electron chi connectivity index (χ3n) is 4.98. The topological polar surface area (TPSA) is 105 Å². The zero-order chi connectivity index (χ0) is 27.9. The van der Waals surface area contributed by atoms with E-state index in [0.29, 0.717) is 30.5 Å². The second kappa shape index (κ2) is 12.3. The summed E-state index contributed by atoms with van der Waals surface area (Å²) < 4.78 is 84.5. The number of nitrogens with one attached hydrogen (secondary N) is 2. The van der Waals surface area contributed by atoms with Crippen molar-refractivity contribution in [3.05, 3.63) is 47.7 Å². The van der Waals surface area contributed by atoms with Gasteiger partial charge in [0.1, 0.15) is 10.8 Å². The fourth-order valence-electron chi connectivity index (χ4n) is 3.05. The highest BCUT2D eigenvalue weighted by Crippen LogP contribution is 2.30. The quantitative estimate of drug-likeness (QED) is 0.239. The number of alkyl halides is 6. The normalized spacial score (nSPS) is 12.0. The molecular formula is C22H23F6N7O2S. The number of carbonyl (C=O) groups excluding carboxylic acids is 1. The first-order valence-electron chi connectivity index (χ1n) is 11.1. The molecule has 206 valence electrons. The Morgan fingerprint density at radius 2 is 1.82 bits per heavy atom. The smallest absolute Gasteiger partial charge is 0.434 e. The number of hydrogen-bond acceptors (Lipinski definition) is 9. The summed E-state index contributed by atoms with van der Waals surface area (Å²) in [4.78, 5) is 25.5. The van der Waals surface area contributed by atoms with Crippen LogP contribution >= 0.6 is 11.5 Å². The highest BCUT2D eigenvalue weighted by molar-refractivity contribution is 7.10. The Hall–Kier alpha value is -3.53. The highest BCUT2D eigenvalue weighted by Gasteiger charge is 2.33. The van der Waals surface area contributed by atoms with Gasteiger partial charge in [0.05, 0.1) is 48.6 Å². The van der Waals surface area contributed by atoms with Gasteiger partial charge in [-0.2, -0.15) is 30.7 Å². The van der Waals surface area contributed by atoms with E-state index in [-0.39, 0.29) is 35.4 Å². The van der Waals surface area contributed by atoms with E-state index in [9.17, 15) is 31.1 Å². The van der Waals surface area contributed by atoms with E-state index in [2.05, 4.69) is 30.0 Å². The number of hydrogen-bond donors (Lipinski definition) is 2. The van der Waals surface area contributed by atoms with Crippen LogP contribution in [0, 0.1) is 6.92 Å². The molecule has 2 N–H and O–H groups in total. The first-order chi connectivity index (χ1) is 17.8. The number of pyridine rings is 1. The number of rotatable bonds is 11. The molecule has 3 aromatic heterocycles. The molecule has 0 atom stereocenters. The largest absolute Gasteiger partial charge is 0.478 e. The fourth-order valence-corrected chi connectivity index (χ4v) is 3.85. The van der Waals surface area contributed by atoms with Crippen molar-refractivity contribution in [1.29, 1.82) is 0 Å². The molecule has 0 spiro atoms. The summed E-state index contributed by atoms with van der Waals surface area (Å²) in [5.74, 6) is -0.251. The van der Waals surface area contributed by atoms with E-state index in [1.54, 1.807) is 24.9 Å². The maximum absolute atomic E-state index is 12.9.